The number of rotatable bonds is 10. The van der Waals surface area contributed by atoms with Crippen LogP contribution in [-0.4, -0.2) is 65.5 Å². The lowest BCUT2D eigenvalue weighted by atomic mass is 10.0. The molecule has 0 aliphatic carbocycles. The topological polar surface area (TPSA) is 79.6 Å². The normalized spacial score (nSPS) is 16.2. The number of piperidine rings is 1. The minimum Gasteiger partial charge on any atom is -0.496 e. The Labute approximate surface area is 186 Å². The number of aliphatic imine (C=N–C) groups is 1. The fourth-order valence-corrected chi connectivity index (χ4v) is 4.14. The molecule has 3 rings (SSSR count). The molecule has 31 heavy (non-hydrogen) atoms. The smallest absolute Gasteiger partial charge is 0.191 e. The van der Waals surface area contributed by atoms with Gasteiger partial charge in [-0.3, -0.25) is 9.89 Å². The Morgan fingerprint density at radius 2 is 1.97 bits per heavy atom. The molecular formula is C23H37N7O. The molecule has 170 valence electrons. The van der Waals surface area contributed by atoms with Crippen LogP contribution in [0.1, 0.15) is 50.5 Å². The standard InChI is InChI=1S/C23H37N7O/c1-4-22-28-27-18-30(22)16-13-25-23(24-5-2)26-17-20(29-14-9-6-10-15-29)19-11-7-8-12-21(19)31-3/h7-8,11-12,18,20H,4-6,9-10,13-17H2,1-3H3,(H2,24,25,26). The van der Waals surface area contributed by atoms with Crippen LogP contribution < -0.4 is 15.4 Å². The molecule has 1 atom stereocenters. The molecule has 1 aliphatic heterocycles. The van der Waals surface area contributed by atoms with Gasteiger partial charge in [0.25, 0.3) is 0 Å². The lowest BCUT2D eigenvalue weighted by Gasteiger charge is -2.34. The summed E-state index contributed by atoms with van der Waals surface area (Å²) in [5.74, 6) is 2.78. The maximum Gasteiger partial charge on any atom is 0.191 e. The lowest BCUT2D eigenvalue weighted by molar-refractivity contribution is 0.165. The largest absolute Gasteiger partial charge is 0.496 e. The molecule has 1 aliphatic rings. The van der Waals surface area contributed by atoms with E-state index in [0.717, 1.165) is 56.7 Å². The number of hydrogen-bond donors (Lipinski definition) is 2. The van der Waals surface area contributed by atoms with Crippen molar-refractivity contribution in [2.24, 2.45) is 4.99 Å². The summed E-state index contributed by atoms with van der Waals surface area (Å²) < 4.78 is 7.76. The Hall–Kier alpha value is -2.61. The van der Waals surface area contributed by atoms with Gasteiger partial charge in [-0.25, -0.2) is 0 Å². The highest BCUT2D eigenvalue weighted by Crippen LogP contribution is 2.31. The number of guanidine groups is 1. The molecule has 0 spiro atoms. The van der Waals surface area contributed by atoms with Crippen molar-refractivity contribution in [3.8, 4) is 5.75 Å². The Morgan fingerprint density at radius 3 is 2.71 bits per heavy atom. The first-order valence-corrected chi connectivity index (χ1v) is 11.5. The first kappa shape index (κ1) is 23.1. The first-order valence-electron chi connectivity index (χ1n) is 11.5. The van der Waals surface area contributed by atoms with Crippen LogP contribution in [0.15, 0.2) is 35.6 Å². The molecular weight excluding hydrogens is 390 g/mol. The summed E-state index contributed by atoms with van der Waals surface area (Å²) >= 11 is 0. The van der Waals surface area contributed by atoms with Crippen LogP contribution in [0.4, 0.5) is 0 Å². The zero-order chi connectivity index (χ0) is 21.9. The van der Waals surface area contributed by atoms with Crippen LogP contribution in [0.2, 0.25) is 0 Å². The van der Waals surface area contributed by atoms with Crippen molar-refractivity contribution < 1.29 is 4.74 Å². The van der Waals surface area contributed by atoms with Crippen LogP contribution in [0, 0.1) is 0 Å². The fraction of sp³-hybridized carbons (Fsp3) is 0.609. The minimum atomic E-state index is 0.205. The minimum absolute atomic E-state index is 0.205. The van der Waals surface area contributed by atoms with Crippen LogP contribution in [0.25, 0.3) is 0 Å². The van der Waals surface area contributed by atoms with Gasteiger partial charge < -0.3 is 19.9 Å². The highest BCUT2D eigenvalue weighted by atomic mass is 16.5. The van der Waals surface area contributed by atoms with Gasteiger partial charge in [-0.15, -0.1) is 10.2 Å². The van der Waals surface area contributed by atoms with Crippen molar-refractivity contribution in [3.05, 3.63) is 42.0 Å². The quantitative estimate of drug-likeness (QED) is 0.448. The van der Waals surface area contributed by atoms with E-state index in [1.165, 1.54) is 24.8 Å². The van der Waals surface area contributed by atoms with Gasteiger partial charge in [-0.05, 0) is 38.9 Å². The predicted octanol–water partition coefficient (Wildman–Crippen LogP) is 2.63. The van der Waals surface area contributed by atoms with E-state index in [0.29, 0.717) is 6.54 Å². The van der Waals surface area contributed by atoms with Crippen LogP contribution in [0.3, 0.4) is 0 Å². The number of nitrogens with zero attached hydrogens (tertiary/aromatic N) is 5. The molecule has 1 saturated heterocycles. The second-order valence-corrected chi connectivity index (χ2v) is 7.79. The monoisotopic (exact) mass is 427 g/mol. The molecule has 2 aromatic rings. The lowest BCUT2D eigenvalue weighted by Crippen LogP contribution is -2.40. The molecule has 1 aromatic heterocycles. The number of hydrogen-bond acceptors (Lipinski definition) is 5. The fourth-order valence-electron chi connectivity index (χ4n) is 4.14. The summed E-state index contributed by atoms with van der Waals surface area (Å²) in [5.41, 5.74) is 1.21. The third-order valence-electron chi connectivity index (χ3n) is 5.75. The number of ether oxygens (including phenoxy) is 1. The van der Waals surface area contributed by atoms with Crippen molar-refractivity contribution in [2.45, 2.75) is 52.1 Å². The number of methoxy groups -OCH3 is 1. The molecule has 2 heterocycles. The Kier molecular flexibility index (Phi) is 9.15. The van der Waals surface area contributed by atoms with Gasteiger partial charge in [-0.2, -0.15) is 0 Å². The molecule has 1 aromatic carbocycles. The van der Waals surface area contributed by atoms with Gasteiger partial charge in [0.2, 0.25) is 0 Å². The maximum absolute atomic E-state index is 5.68. The summed E-state index contributed by atoms with van der Waals surface area (Å²) in [5, 5.41) is 15.0. The third-order valence-corrected chi connectivity index (χ3v) is 5.75. The van der Waals surface area contributed by atoms with Crippen molar-refractivity contribution in [3.63, 3.8) is 0 Å². The van der Waals surface area contributed by atoms with Gasteiger partial charge >= 0.3 is 0 Å². The van der Waals surface area contributed by atoms with Crippen LogP contribution in [-0.2, 0) is 13.0 Å². The van der Waals surface area contributed by atoms with E-state index in [1.54, 1.807) is 13.4 Å². The Bertz CT molecular complexity index is 814. The molecule has 8 heteroatoms. The van der Waals surface area contributed by atoms with Crippen molar-refractivity contribution in [1.29, 1.82) is 0 Å². The number of nitrogens with one attached hydrogen (secondary N) is 2. The summed E-state index contributed by atoms with van der Waals surface area (Å²) in [4.78, 5) is 7.51. The van der Waals surface area contributed by atoms with Gasteiger partial charge in [0, 0.05) is 31.6 Å². The average molecular weight is 428 g/mol. The average Bonchev–Trinajstić information content (AvgIpc) is 3.27. The van der Waals surface area contributed by atoms with Gasteiger partial charge in [0.05, 0.1) is 19.7 Å². The maximum atomic E-state index is 5.68. The molecule has 2 N–H and O–H groups in total. The number of aromatic nitrogens is 3. The molecule has 1 unspecified atom stereocenters. The zero-order valence-electron chi connectivity index (χ0n) is 19.2. The number of likely N-dealkylation sites (tertiary alicyclic amines) is 1. The van der Waals surface area contributed by atoms with Crippen LogP contribution in [0.5, 0.6) is 5.75 Å². The summed E-state index contributed by atoms with van der Waals surface area (Å²) in [6, 6.07) is 8.54. The van der Waals surface area contributed by atoms with Crippen molar-refractivity contribution >= 4 is 5.96 Å². The zero-order valence-corrected chi connectivity index (χ0v) is 19.2. The summed E-state index contributed by atoms with van der Waals surface area (Å²) in [6.45, 7) is 9.48. The SMILES string of the molecule is CCNC(=NCC(c1ccccc1OC)N1CCCCC1)NCCn1cnnc1CC. The number of benzene rings is 1. The Morgan fingerprint density at radius 1 is 1.16 bits per heavy atom. The van der Waals surface area contributed by atoms with E-state index < -0.39 is 0 Å². The molecule has 0 amide bonds. The van der Waals surface area contributed by atoms with Gasteiger partial charge in [0.15, 0.2) is 5.96 Å². The number of para-hydroxylation sites is 1. The highest BCUT2D eigenvalue weighted by molar-refractivity contribution is 5.79. The van der Waals surface area contributed by atoms with E-state index in [-0.39, 0.29) is 6.04 Å². The van der Waals surface area contributed by atoms with E-state index >= 15 is 0 Å². The molecule has 1 fully saturated rings. The van der Waals surface area contributed by atoms with Gasteiger partial charge in [0.1, 0.15) is 17.9 Å². The van der Waals surface area contributed by atoms with Crippen molar-refractivity contribution in [1.82, 2.24) is 30.3 Å². The van der Waals surface area contributed by atoms with E-state index in [2.05, 4.69) is 56.3 Å². The summed E-state index contributed by atoms with van der Waals surface area (Å²) in [6.07, 6.45) is 6.47. The second kappa shape index (κ2) is 12.3. The third kappa shape index (κ3) is 6.43. The van der Waals surface area contributed by atoms with E-state index in [9.17, 15) is 0 Å². The predicted molar refractivity (Wildman–Crippen MR) is 125 cm³/mol. The number of aryl methyl sites for hydroxylation is 1. The summed E-state index contributed by atoms with van der Waals surface area (Å²) in [7, 11) is 1.75. The molecule has 8 nitrogen and oxygen atoms in total. The first-order chi connectivity index (χ1) is 15.3. The molecule has 0 saturated carbocycles. The van der Waals surface area contributed by atoms with Crippen LogP contribution >= 0.6 is 0 Å². The van der Waals surface area contributed by atoms with Gasteiger partial charge in [-0.1, -0.05) is 31.5 Å². The van der Waals surface area contributed by atoms with Crippen molar-refractivity contribution in [2.75, 3.05) is 39.8 Å². The molecule has 0 radical (unpaired) electrons. The Balaban J connectivity index is 1.70. The molecule has 0 bridgehead atoms. The van der Waals surface area contributed by atoms with E-state index in [1.807, 2.05) is 12.1 Å². The van der Waals surface area contributed by atoms with E-state index in [4.69, 9.17) is 9.73 Å². The second-order valence-electron chi connectivity index (χ2n) is 7.79. The highest BCUT2D eigenvalue weighted by Gasteiger charge is 2.24.